The molecule has 1 rings (SSSR count). The van der Waals surface area contributed by atoms with E-state index in [0.717, 1.165) is 18.6 Å². The minimum absolute atomic E-state index is 0. The average Bonchev–Trinajstić information content (AvgIpc) is 1.83. The molecule has 1 unspecified atom stereocenters. The van der Waals surface area contributed by atoms with Gasteiger partial charge in [0.15, 0.2) is 0 Å². The molecular weight excluding hydrogens is 150 g/mol. The molecule has 1 saturated carbocycles. The third-order valence-corrected chi connectivity index (χ3v) is 2.31. The standard InChI is InChI=1S/C9H17NO.CH4/c1-7-4-8(10-11)6-9(2,3)5-7;/h7,11H,4-6H2,1-3H3;1H4. The number of oxime groups is 1. The summed E-state index contributed by atoms with van der Waals surface area (Å²) in [5.74, 6) is 0.671. The molecule has 12 heavy (non-hydrogen) atoms. The van der Waals surface area contributed by atoms with E-state index in [1.165, 1.54) is 6.42 Å². The Morgan fingerprint density at radius 1 is 1.50 bits per heavy atom. The third kappa shape index (κ3) is 2.84. The molecule has 1 aliphatic carbocycles. The molecule has 72 valence electrons. The Bertz CT molecular complexity index is 173. The number of rotatable bonds is 0. The first kappa shape index (κ1) is 11.5. The molecule has 0 heterocycles. The van der Waals surface area contributed by atoms with E-state index >= 15 is 0 Å². The topological polar surface area (TPSA) is 32.6 Å². The fraction of sp³-hybridized carbons (Fsp3) is 0.900. The van der Waals surface area contributed by atoms with Crippen molar-refractivity contribution < 1.29 is 5.21 Å². The Morgan fingerprint density at radius 3 is 2.50 bits per heavy atom. The van der Waals surface area contributed by atoms with Crippen molar-refractivity contribution in [2.45, 2.75) is 47.5 Å². The van der Waals surface area contributed by atoms with Crippen molar-refractivity contribution in [1.29, 1.82) is 0 Å². The normalized spacial score (nSPS) is 31.2. The van der Waals surface area contributed by atoms with E-state index in [9.17, 15) is 0 Å². The Balaban J connectivity index is 0.00000121. The van der Waals surface area contributed by atoms with Gasteiger partial charge in [0.05, 0.1) is 5.71 Å². The zero-order valence-corrected chi connectivity index (χ0v) is 7.59. The van der Waals surface area contributed by atoms with E-state index < -0.39 is 0 Å². The lowest BCUT2D eigenvalue weighted by molar-refractivity contribution is 0.249. The molecule has 0 amide bonds. The second kappa shape index (κ2) is 3.92. The third-order valence-electron chi connectivity index (χ3n) is 2.31. The lowest BCUT2D eigenvalue weighted by Gasteiger charge is -2.33. The van der Waals surface area contributed by atoms with Gasteiger partial charge in [0.1, 0.15) is 0 Å². The van der Waals surface area contributed by atoms with Crippen LogP contribution in [0, 0.1) is 11.3 Å². The van der Waals surface area contributed by atoms with Crippen molar-refractivity contribution in [2.24, 2.45) is 16.5 Å². The van der Waals surface area contributed by atoms with E-state index in [2.05, 4.69) is 25.9 Å². The Kier molecular flexibility index (Phi) is 3.75. The van der Waals surface area contributed by atoms with Gasteiger partial charge >= 0.3 is 0 Å². The molecule has 0 aromatic carbocycles. The number of hydrogen-bond donors (Lipinski definition) is 1. The summed E-state index contributed by atoms with van der Waals surface area (Å²) < 4.78 is 0. The van der Waals surface area contributed by atoms with Gasteiger partial charge in [0, 0.05) is 0 Å². The van der Waals surface area contributed by atoms with Gasteiger partial charge in [0.2, 0.25) is 0 Å². The van der Waals surface area contributed by atoms with Crippen molar-refractivity contribution in [3.05, 3.63) is 0 Å². The molecule has 0 aliphatic heterocycles. The molecule has 1 atom stereocenters. The zero-order chi connectivity index (χ0) is 8.48. The first-order valence-electron chi connectivity index (χ1n) is 4.23. The second-order valence-electron chi connectivity index (χ2n) is 4.52. The molecule has 0 aromatic heterocycles. The van der Waals surface area contributed by atoms with Crippen LogP contribution in [-0.4, -0.2) is 10.9 Å². The Labute approximate surface area is 75.7 Å². The van der Waals surface area contributed by atoms with Gasteiger partial charge in [-0.3, -0.25) is 0 Å². The maximum atomic E-state index is 8.63. The van der Waals surface area contributed by atoms with Crippen LogP contribution in [0.3, 0.4) is 0 Å². The van der Waals surface area contributed by atoms with Gasteiger partial charge in [-0.25, -0.2) is 0 Å². The molecule has 1 N–H and O–H groups in total. The van der Waals surface area contributed by atoms with Crippen LogP contribution < -0.4 is 0 Å². The van der Waals surface area contributed by atoms with Gasteiger partial charge in [-0.05, 0) is 30.6 Å². The van der Waals surface area contributed by atoms with E-state index in [4.69, 9.17) is 5.21 Å². The van der Waals surface area contributed by atoms with Crippen molar-refractivity contribution in [3.8, 4) is 0 Å². The first-order valence-corrected chi connectivity index (χ1v) is 4.23. The van der Waals surface area contributed by atoms with Gasteiger partial charge in [-0.2, -0.15) is 0 Å². The molecule has 0 radical (unpaired) electrons. The van der Waals surface area contributed by atoms with Gasteiger partial charge in [-0.15, -0.1) is 0 Å². The van der Waals surface area contributed by atoms with Crippen LogP contribution in [-0.2, 0) is 0 Å². The maximum Gasteiger partial charge on any atom is 0.0578 e. The summed E-state index contributed by atoms with van der Waals surface area (Å²) in [4.78, 5) is 0. The van der Waals surface area contributed by atoms with E-state index in [1.807, 2.05) is 0 Å². The van der Waals surface area contributed by atoms with Crippen LogP contribution in [0.2, 0.25) is 0 Å². The van der Waals surface area contributed by atoms with Crippen LogP contribution in [0.25, 0.3) is 0 Å². The van der Waals surface area contributed by atoms with Crippen molar-refractivity contribution in [3.63, 3.8) is 0 Å². The largest absolute Gasteiger partial charge is 0.411 e. The number of hydrogen-bond acceptors (Lipinski definition) is 2. The SMILES string of the molecule is C.CC1CC(=NO)CC(C)(C)C1. The number of nitrogens with zero attached hydrogens (tertiary/aromatic N) is 1. The van der Waals surface area contributed by atoms with Crippen molar-refractivity contribution >= 4 is 5.71 Å². The summed E-state index contributed by atoms with van der Waals surface area (Å²) in [6.07, 6.45) is 3.17. The molecule has 1 fully saturated rings. The maximum absolute atomic E-state index is 8.63. The zero-order valence-electron chi connectivity index (χ0n) is 7.59. The average molecular weight is 171 g/mol. The van der Waals surface area contributed by atoms with E-state index in [1.54, 1.807) is 0 Å². The molecule has 2 nitrogen and oxygen atoms in total. The lowest BCUT2D eigenvalue weighted by Crippen LogP contribution is -2.27. The smallest absolute Gasteiger partial charge is 0.0578 e. The molecule has 2 heteroatoms. The highest BCUT2D eigenvalue weighted by molar-refractivity contribution is 5.85. The van der Waals surface area contributed by atoms with Gasteiger partial charge < -0.3 is 5.21 Å². The quantitative estimate of drug-likeness (QED) is 0.440. The lowest BCUT2D eigenvalue weighted by atomic mass is 9.72. The fourth-order valence-corrected chi connectivity index (χ4v) is 2.19. The van der Waals surface area contributed by atoms with Gasteiger partial charge in [-0.1, -0.05) is 33.4 Å². The first-order chi connectivity index (χ1) is 5.03. The summed E-state index contributed by atoms with van der Waals surface area (Å²) in [6.45, 7) is 6.67. The highest BCUT2D eigenvalue weighted by Crippen LogP contribution is 2.36. The summed E-state index contributed by atoms with van der Waals surface area (Å²) in [6, 6.07) is 0. The van der Waals surface area contributed by atoms with Crippen LogP contribution in [0.4, 0.5) is 0 Å². The van der Waals surface area contributed by atoms with Crippen LogP contribution in [0.5, 0.6) is 0 Å². The van der Waals surface area contributed by atoms with Gasteiger partial charge in [0.25, 0.3) is 0 Å². The summed E-state index contributed by atoms with van der Waals surface area (Å²) in [5, 5.41) is 11.9. The molecule has 0 spiro atoms. The Hall–Kier alpha value is -0.530. The van der Waals surface area contributed by atoms with E-state index in [-0.39, 0.29) is 7.43 Å². The highest BCUT2D eigenvalue weighted by Gasteiger charge is 2.29. The second-order valence-corrected chi connectivity index (χ2v) is 4.52. The Morgan fingerprint density at radius 2 is 2.08 bits per heavy atom. The summed E-state index contributed by atoms with van der Waals surface area (Å²) in [5.41, 5.74) is 1.30. The summed E-state index contributed by atoms with van der Waals surface area (Å²) >= 11 is 0. The van der Waals surface area contributed by atoms with Crippen molar-refractivity contribution in [2.75, 3.05) is 0 Å². The fourth-order valence-electron chi connectivity index (χ4n) is 2.19. The van der Waals surface area contributed by atoms with Crippen LogP contribution >= 0.6 is 0 Å². The van der Waals surface area contributed by atoms with E-state index in [0.29, 0.717) is 11.3 Å². The summed E-state index contributed by atoms with van der Waals surface area (Å²) in [7, 11) is 0. The molecule has 0 saturated heterocycles. The van der Waals surface area contributed by atoms with Crippen LogP contribution in [0.15, 0.2) is 5.16 Å². The monoisotopic (exact) mass is 171 g/mol. The highest BCUT2D eigenvalue weighted by atomic mass is 16.4. The minimum atomic E-state index is 0. The molecule has 0 bridgehead atoms. The molecule has 0 aromatic rings. The molecule has 1 aliphatic rings. The van der Waals surface area contributed by atoms with Crippen LogP contribution in [0.1, 0.15) is 47.5 Å². The molecular formula is C10H21NO. The predicted octanol–water partition coefficient (Wildman–Crippen LogP) is 3.30. The predicted molar refractivity (Wildman–Crippen MR) is 52.7 cm³/mol. The van der Waals surface area contributed by atoms with Crippen molar-refractivity contribution in [1.82, 2.24) is 0 Å². The minimum Gasteiger partial charge on any atom is -0.411 e.